The molecule has 0 amide bonds. The molecule has 7 rings (SSSR count). The van der Waals surface area contributed by atoms with Gasteiger partial charge in [-0.25, -0.2) is 28.4 Å². The molecule has 2 fully saturated rings. The number of aromatic nitrogens is 6. The van der Waals surface area contributed by atoms with Gasteiger partial charge < -0.3 is 15.6 Å². The van der Waals surface area contributed by atoms with Crippen molar-refractivity contribution in [2.45, 2.75) is 51.1 Å². The van der Waals surface area contributed by atoms with Crippen LogP contribution >= 0.6 is 0 Å². The smallest absolute Gasteiger partial charge is 0.164 e. The van der Waals surface area contributed by atoms with Crippen LogP contribution in [0.1, 0.15) is 50.0 Å². The van der Waals surface area contributed by atoms with Crippen molar-refractivity contribution in [3.63, 3.8) is 0 Å². The summed E-state index contributed by atoms with van der Waals surface area (Å²) >= 11 is 0. The number of hydrogen-bond donors (Lipinski definition) is 2. The van der Waals surface area contributed by atoms with E-state index in [0.29, 0.717) is 28.9 Å². The third-order valence-electron chi connectivity index (χ3n) is 9.11. The van der Waals surface area contributed by atoms with Gasteiger partial charge in [0, 0.05) is 49.8 Å². The van der Waals surface area contributed by atoms with Crippen LogP contribution in [-0.4, -0.2) is 78.3 Å². The van der Waals surface area contributed by atoms with Crippen molar-refractivity contribution in [1.29, 1.82) is 0 Å². The molecule has 2 aliphatic rings. The SMILES string of the molecule is CCN1CCN([C@H]2CC[C@H](n3nc(-c4ccc5[nH]c(Cc6c(F)cccc6F)nc5c4)c4c(N)ncnc43)CC2)CC1. The lowest BCUT2D eigenvalue weighted by molar-refractivity contribution is 0.0732. The minimum Gasteiger partial charge on any atom is -0.383 e. The number of piperazine rings is 1. The van der Waals surface area contributed by atoms with E-state index in [1.165, 1.54) is 24.5 Å². The third kappa shape index (κ3) is 4.90. The normalized spacial score (nSPS) is 20.5. The Balaban J connectivity index is 1.16. The van der Waals surface area contributed by atoms with Crippen molar-refractivity contribution >= 4 is 27.9 Å². The zero-order valence-corrected chi connectivity index (χ0v) is 23.7. The molecule has 0 atom stereocenters. The largest absolute Gasteiger partial charge is 0.383 e. The highest BCUT2D eigenvalue weighted by molar-refractivity contribution is 5.99. The third-order valence-corrected chi connectivity index (χ3v) is 9.11. The molecular weight excluding hydrogens is 536 g/mol. The molecule has 1 aliphatic heterocycles. The van der Waals surface area contributed by atoms with Crippen LogP contribution in [0.5, 0.6) is 0 Å². The Morgan fingerprint density at radius 1 is 0.952 bits per heavy atom. The molecule has 3 N–H and O–H groups in total. The summed E-state index contributed by atoms with van der Waals surface area (Å²) in [6, 6.07) is 10.5. The molecule has 11 heteroatoms. The van der Waals surface area contributed by atoms with E-state index in [2.05, 4.69) is 41.3 Å². The minimum atomic E-state index is -0.586. The lowest BCUT2D eigenvalue weighted by Gasteiger charge is -2.41. The Morgan fingerprint density at radius 3 is 2.43 bits per heavy atom. The lowest BCUT2D eigenvalue weighted by atomic mass is 9.90. The van der Waals surface area contributed by atoms with Gasteiger partial charge in [0.05, 0.1) is 22.5 Å². The van der Waals surface area contributed by atoms with Gasteiger partial charge in [-0.05, 0) is 56.5 Å². The zero-order chi connectivity index (χ0) is 28.8. The van der Waals surface area contributed by atoms with E-state index in [9.17, 15) is 8.78 Å². The number of imidazole rings is 1. The number of benzene rings is 2. The quantitative estimate of drug-likeness (QED) is 0.297. The van der Waals surface area contributed by atoms with Gasteiger partial charge in [-0.2, -0.15) is 5.10 Å². The highest BCUT2D eigenvalue weighted by Gasteiger charge is 2.31. The fourth-order valence-electron chi connectivity index (χ4n) is 6.72. The van der Waals surface area contributed by atoms with Crippen LogP contribution < -0.4 is 5.73 Å². The molecule has 4 heterocycles. The average Bonchev–Trinajstić information content (AvgIpc) is 3.61. The first-order chi connectivity index (χ1) is 20.5. The van der Waals surface area contributed by atoms with Gasteiger partial charge in [-0.15, -0.1) is 0 Å². The van der Waals surface area contributed by atoms with Crippen molar-refractivity contribution in [1.82, 2.24) is 39.5 Å². The van der Waals surface area contributed by atoms with Gasteiger partial charge in [-0.3, -0.25) is 4.90 Å². The molecule has 0 bridgehead atoms. The number of halogens is 2. The van der Waals surface area contributed by atoms with Crippen molar-refractivity contribution in [2.24, 2.45) is 0 Å². The molecule has 1 saturated carbocycles. The summed E-state index contributed by atoms with van der Waals surface area (Å²) in [7, 11) is 0. The maximum Gasteiger partial charge on any atom is 0.164 e. The van der Waals surface area contributed by atoms with Crippen LogP contribution in [0.25, 0.3) is 33.3 Å². The van der Waals surface area contributed by atoms with Crippen molar-refractivity contribution < 1.29 is 8.78 Å². The number of fused-ring (bicyclic) bond motifs is 2. The Hall–Kier alpha value is -3.96. The standard InChI is InChI=1S/C31H35F2N9/c1-2-40-12-14-41(15-13-40)20-7-9-21(10-8-20)42-31-28(30(34)35-18-36-31)29(39-42)19-6-11-25-26(16-19)38-27(37-25)17-22-23(32)4-3-5-24(22)33/h3-6,11,16,18,20-21H,2,7-10,12-15,17H2,1H3,(H,37,38)(H2,34,35,36)/t20-,21-. The van der Waals surface area contributed by atoms with Gasteiger partial charge in [0.2, 0.25) is 0 Å². The summed E-state index contributed by atoms with van der Waals surface area (Å²) in [6.45, 7) is 7.97. The molecule has 1 aliphatic carbocycles. The fourth-order valence-corrected chi connectivity index (χ4v) is 6.72. The average molecular weight is 572 g/mol. The van der Waals surface area contributed by atoms with Crippen LogP contribution in [0.4, 0.5) is 14.6 Å². The summed E-state index contributed by atoms with van der Waals surface area (Å²) in [6.07, 6.45) is 5.87. The molecular formula is C31H35F2N9. The van der Waals surface area contributed by atoms with Crippen LogP contribution in [0.3, 0.4) is 0 Å². The second kappa shape index (κ2) is 11.0. The predicted octanol–water partition coefficient (Wildman–Crippen LogP) is 4.94. The second-order valence-corrected chi connectivity index (χ2v) is 11.5. The molecule has 1 saturated heterocycles. The topological polar surface area (TPSA) is 105 Å². The number of anilines is 1. The number of rotatable bonds is 6. The molecule has 0 radical (unpaired) electrons. The summed E-state index contributed by atoms with van der Waals surface area (Å²) in [4.78, 5) is 21.9. The van der Waals surface area contributed by atoms with E-state index >= 15 is 0 Å². The van der Waals surface area contributed by atoms with Crippen molar-refractivity contribution in [2.75, 3.05) is 38.5 Å². The van der Waals surface area contributed by atoms with Gasteiger partial charge in [0.15, 0.2) is 5.65 Å². The van der Waals surface area contributed by atoms with Gasteiger partial charge >= 0.3 is 0 Å². The molecule has 218 valence electrons. The number of nitrogens with zero attached hydrogens (tertiary/aromatic N) is 7. The Bertz CT molecular complexity index is 1710. The van der Waals surface area contributed by atoms with E-state index in [4.69, 9.17) is 10.8 Å². The number of H-pyrrole nitrogens is 1. The number of hydrogen-bond acceptors (Lipinski definition) is 7. The van der Waals surface area contributed by atoms with Crippen LogP contribution in [0.2, 0.25) is 0 Å². The van der Waals surface area contributed by atoms with Gasteiger partial charge in [-0.1, -0.05) is 19.1 Å². The Labute approximate surface area is 242 Å². The second-order valence-electron chi connectivity index (χ2n) is 11.5. The zero-order valence-electron chi connectivity index (χ0n) is 23.7. The highest BCUT2D eigenvalue weighted by Crippen LogP contribution is 2.37. The first-order valence-electron chi connectivity index (χ1n) is 14.9. The molecule has 3 aromatic heterocycles. The maximum atomic E-state index is 14.2. The maximum absolute atomic E-state index is 14.2. The number of nitrogen functional groups attached to an aromatic ring is 1. The summed E-state index contributed by atoms with van der Waals surface area (Å²) in [5.41, 5.74) is 10.1. The van der Waals surface area contributed by atoms with E-state index in [0.717, 1.165) is 80.5 Å². The monoisotopic (exact) mass is 571 g/mol. The number of aromatic amines is 1. The molecule has 9 nitrogen and oxygen atoms in total. The first-order valence-corrected chi connectivity index (χ1v) is 14.9. The number of likely N-dealkylation sites (N-methyl/N-ethyl adjacent to an activating group) is 1. The van der Waals surface area contributed by atoms with Crippen molar-refractivity contribution in [3.05, 3.63) is 65.7 Å². The minimum absolute atomic E-state index is 0.00983. The highest BCUT2D eigenvalue weighted by atomic mass is 19.1. The van der Waals surface area contributed by atoms with Crippen LogP contribution in [0, 0.1) is 11.6 Å². The predicted molar refractivity (Wildman–Crippen MR) is 159 cm³/mol. The van der Waals surface area contributed by atoms with Gasteiger partial charge in [0.1, 0.15) is 35.3 Å². The molecule has 0 unspecified atom stereocenters. The summed E-state index contributed by atoms with van der Waals surface area (Å²) in [5.74, 6) is -0.299. The van der Waals surface area contributed by atoms with E-state index < -0.39 is 11.6 Å². The summed E-state index contributed by atoms with van der Waals surface area (Å²) < 4.78 is 30.5. The van der Waals surface area contributed by atoms with Crippen LogP contribution in [0.15, 0.2) is 42.7 Å². The Morgan fingerprint density at radius 2 is 1.69 bits per heavy atom. The molecule has 0 spiro atoms. The van der Waals surface area contributed by atoms with E-state index in [-0.39, 0.29) is 18.0 Å². The van der Waals surface area contributed by atoms with Crippen LogP contribution in [-0.2, 0) is 6.42 Å². The molecule has 42 heavy (non-hydrogen) atoms. The van der Waals surface area contributed by atoms with E-state index in [1.54, 1.807) is 0 Å². The van der Waals surface area contributed by atoms with Gasteiger partial charge in [0.25, 0.3) is 0 Å². The molecule has 5 aromatic rings. The number of nitrogens with two attached hydrogens (primary N) is 1. The first kappa shape index (κ1) is 26.9. The lowest BCUT2D eigenvalue weighted by Crippen LogP contribution is -2.51. The number of nitrogens with one attached hydrogen (secondary N) is 1. The van der Waals surface area contributed by atoms with Crippen molar-refractivity contribution in [3.8, 4) is 11.3 Å². The fraction of sp³-hybridized carbons (Fsp3) is 0.419. The summed E-state index contributed by atoms with van der Waals surface area (Å²) in [5, 5.41) is 5.82. The van der Waals surface area contributed by atoms with E-state index in [1.807, 2.05) is 18.2 Å². The Kier molecular flexibility index (Phi) is 7.07. The molecule has 2 aromatic carbocycles.